The van der Waals surface area contributed by atoms with Gasteiger partial charge in [-0.2, -0.15) is 0 Å². The van der Waals surface area contributed by atoms with Gasteiger partial charge in [0.05, 0.1) is 13.0 Å². The lowest BCUT2D eigenvalue weighted by molar-refractivity contribution is -0.136. The average molecular weight is 603 g/mol. The Balaban J connectivity index is 2.61. The Morgan fingerprint density at radius 2 is 1.35 bits per heavy atom. The maximum absolute atomic E-state index is 12.7. The summed E-state index contributed by atoms with van der Waals surface area (Å²) in [6.45, 7) is 19.6. The van der Waals surface area contributed by atoms with Gasteiger partial charge in [0, 0.05) is 18.5 Å². The van der Waals surface area contributed by atoms with Gasteiger partial charge in [0.25, 0.3) is 0 Å². The molecule has 0 aliphatic rings. The Labute approximate surface area is 264 Å². The van der Waals surface area contributed by atoms with Crippen molar-refractivity contribution in [3.05, 3.63) is 22.3 Å². The van der Waals surface area contributed by atoms with Crippen molar-refractivity contribution in [3.63, 3.8) is 0 Å². The van der Waals surface area contributed by atoms with Gasteiger partial charge in [-0.15, -0.1) is 0 Å². The molecular weight excluding hydrogens is 536 g/mol. The third-order valence-electron chi connectivity index (χ3n) is 8.75. The van der Waals surface area contributed by atoms with Gasteiger partial charge in [0.1, 0.15) is 11.5 Å². The maximum atomic E-state index is 12.7. The van der Waals surface area contributed by atoms with Crippen molar-refractivity contribution < 1.29 is 19.1 Å². The molecule has 2 atom stereocenters. The fraction of sp³-hybridized carbons (Fsp3) is 0.784. The molecule has 0 fully saturated rings. The minimum atomic E-state index is -0.376. The topological polar surface area (TPSA) is 90.7 Å². The lowest BCUT2D eigenvalue weighted by atomic mass is 9.92. The van der Waals surface area contributed by atoms with Crippen LogP contribution in [0, 0.1) is 38.5 Å². The Kier molecular flexibility index (Phi) is 20.3. The molecule has 1 rings (SSSR count). The summed E-state index contributed by atoms with van der Waals surface area (Å²) in [7, 11) is 0. The van der Waals surface area contributed by atoms with Crippen LogP contribution >= 0.6 is 0 Å². The van der Waals surface area contributed by atoms with Crippen molar-refractivity contribution in [1.29, 1.82) is 0 Å². The predicted molar refractivity (Wildman–Crippen MR) is 181 cm³/mol. The molecule has 0 radical (unpaired) electrons. The lowest BCUT2D eigenvalue weighted by Gasteiger charge is -2.22. The zero-order valence-corrected chi connectivity index (χ0v) is 29.2. The van der Waals surface area contributed by atoms with E-state index in [0.717, 1.165) is 78.4 Å². The van der Waals surface area contributed by atoms with E-state index in [4.69, 9.17) is 15.2 Å². The fourth-order valence-corrected chi connectivity index (χ4v) is 5.78. The third-order valence-corrected chi connectivity index (χ3v) is 8.75. The van der Waals surface area contributed by atoms with Crippen molar-refractivity contribution in [3.8, 4) is 11.5 Å². The summed E-state index contributed by atoms with van der Waals surface area (Å²) in [6, 6.07) is 0. The van der Waals surface area contributed by atoms with E-state index in [-0.39, 0.29) is 24.7 Å². The van der Waals surface area contributed by atoms with Gasteiger partial charge in [-0.05, 0) is 93.9 Å². The quantitative estimate of drug-likeness (QED) is 0.0700. The molecule has 43 heavy (non-hydrogen) atoms. The van der Waals surface area contributed by atoms with Crippen LogP contribution in [0.2, 0.25) is 0 Å². The van der Waals surface area contributed by atoms with Crippen LogP contribution in [0.3, 0.4) is 0 Å². The highest BCUT2D eigenvalue weighted by Crippen LogP contribution is 2.39. The number of ether oxygens (including phenoxy) is 2. The van der Waals surface area contributed by atoms with Gasteiger partial charge in [-0.25, -0.2) is 0 Å². The number of unbranched alkanes of at least 4 members (excludes halogenated alkanes) is 2. The van der Waals surface area contributed by atoms with Crippen LogP contribution in [-0.4, -0.2) is 31.6 Å². The number of rotatable bonds is 24. The van der Waals surface area contributed by atoms with Gasteiger partial charge in [-0.1, -0.05) is 86.0 Å². The second-order valence-electron chi connectivity index (χ2n) is 13.4. The van der Waals surface area contributed by atoms with Crippen molar-refractivity contribution >= 4 is 11.9 Å². The number of carbonyl (C=O) groups is 2. The monoisotopic (exact) mass is 603 g/mol. The Morgan fingerprint density at radius 3 is 1.95 bits per heavy atom. The zero-order chi connectivity index (χ0) is 32.2. The highest BCUT2D eigenvalue weighted by molar-refractivity contribution is 5.82. The van der Waals surface area contributed by atoms with Crippen molar-refractivity contribution in [2.24, 2.45) is 23.5 Å². The number of carbonyl (C=O) groups excluding carboxylic acids is 2. The summed E-state index contributed by atoms with van der Waals surface area (Å²) in [5, 5.41) is 2.88. The summed E-state index contributed by atoms with van der Waals surface area (Å²) in [5.41, 5.74) is 9.57. The number of nitrogens with two attached hydrogens (primary N) is 1. The van der Waals surface area contributed by atoms with Crippen LogP contribution in [0.1, 0.15) is 147 Å². The molecule has 0 aromatic heterocycles. The van der Waals surface area contributed by atoms with Crippen LogP contribution in [0.4, 0.5) is 0 Å². The van der Waals surface area contributed by atoms with E-state index in [0.29, 0.717) is 31.4 Å². The largest absolute Gasteiger partial charge is 0.493 e. The molecule has 6 nitrogen and oxygen atoms in total. The zero-order valence-electron chi connectivity index (χ0n) is 29.2. The Morgan fingerprint density at radius 1 is 0.744 bits per heavy atom. The predicted octanol–water partition coefficient (Wildman–Crippen LogP) is 8.92. The first-order chi connectivity index (χ1) is 20.5. The van der Waals surface area contributed by atoms with E-state index < -0.39 is 0 Å². The van der Waals surface area contributed by atoms with Crippen LogP contribution in [0.25, 0.3) is 0 Å². The summed E-state index contributed by atoms with van der Waals surface area (Å²) in [5.74, 6) is 3.44. The van der Waals surface area contributed by atoms with Crippen LogP contribution in [0.15, 0.2) is 0 Å². The van der Waals surface area contributed by atoms with Crippen LogP contribution < -0.4 is 20.5 Å². The van der Waals surface area contributed by atoms with Gasteiger partial charge in [-0.3, -0.25) is 9.59 Å². The SMILES string of the molecule is CCCc1c(C)c(OC(=O)CCC(=O)NCCCCCN)c(C)c(C)c1OCCCC(C)CCCC(C)CCCC(C)C. The van der Waals surface area contributed by atoms with E-state index in [9.17, 15) is 9.59 Å². The number of benzene rings is 1. The van der Waals surface area contributed by atoms with Gasteiger partial charge < -0.3 is 20.5 Å². The second kappa shape index (κ2) is 22.4. The lowest BCUT2D eigenvalue weighted by Crippen LogP contribution is -2.25. The average Bonchev–Trinajstić information content (AvgIpc) is 2.96. The molecule has 1 amide bonds. The standard InChI is InChI=1S/C37H66N2O4/c1-9-16-33-32(8)36(43-35(41)23-22-34(40)39-25-12-10-11-24-38)30(6)31(7)37(33)42-26-15-21-29(5)20-14-19-28(4)18-13-17-27(2)3/h27-29H,9-26,38H2,1-8H3,(H,39,40). The molecular formula is C37H66N2O4. The smallest absolute Gasteiger partial charge is 0.311 e. The van der Waals surface area contributed by atoms with E-state index in [2.05, 4.69) is 46.9 Å². The molecule has 1 aromatic rings. The first-order valence-electron chi connectivity index (χ1n) is 17.4. The first-order valence-corrected chi connectivity index (χ1v) is 17.4. The van der Waals surface area contributed by atoms with Crippen molar-refractivity contribution in [2.75, 3.05) is 19.7 Å². The minimum absolute atomic E-state index is 0.0587. The molecule has 2 unspecified atom stereocenters. The molecule has 0 bridgehead atoms. The minimum Gasteiger partial charge on any atom is -0.493 e. The Bertz CT molecular complexity index is 943. The first kappa shape index (κ1) is 38.9. The number of nitrogens with one attached hydrogen (secondary N) is 1. The number of amides is 1. The molecule has 0 aliphatic heterocycles. The molecule has 248 valence electrons. The van der Waals surface area contributed by atoms with Gasteiger partial charge >= 0.3 is 5.97 Å². The van der Waals surface area contributed by atoms with E-state index >= 15 is 0 Å². The van der Waals surface area contributed by atoms with Crippen molar-refractivity contribution in [1.82, 2.24) is 5.32 Å². The highest BCUT2D eigenvalue weighted by atomic mass is 16.5. The van der Waals surface area contributed by atoms with Gasteiger partial charge in [0.2, 0.25) is 5.91 Å². The number of esters is 1. The summed E-state index contributed by atoms with van der Waals surface area (Å²) >= 11 is 0. The highest BCUT2D eigenvalue weighted by Gasteiger charge is 2.21. The molecule has 0 saturated heterocycles. The number of hydrogen-bond donors (Lipinski definition) is 2. The van der Waals surface area contributed by atoms with Crippen LogP contribution in [0.5, 0.6) is 11.5 Å². The summed E-state index contributed by atoms with van der Waals surface area (Å²) < 4.78 is 12.3. The molecule has 0 heterocycles. The maximum Gasteiger partial charge on any atom is 0.311 e. The van der Waals surface area contributed by atoms with E-state index in [1.165, 1.54) is 44.9 Å². The molecule has 0 saturated carbocycles. The molecule has 0 aliphatic carbocycles. The Hall–Kier alpha value is -2.08. The second-order valence-corrected chi connectivity index (χ2v) is 13.4. The van der Waals surface area contributed by atoms with Crippen molar-refractivity contribution in [2.45, 2.75) is 152 Å². The molecule has 3 N–H and O–H groups in total. The van der Waals surface area contributed by atoms with Crippen LogP contribution in [-0.2, 0) is 16.0 Å². The van der Waals surface area contributed by atoms with Gasteiger partial charge in [0.15, 0.2) is 0 Å². The number of hydrogen-bond acceptors (Lipinski definition) is 5. The normalized spacial score (nSPS) is 12.8. The fourth-order valence-electron chi connectivity index (χ4n) is 5.78. The third kappa shape index (κ3) is 16.0. The molecule has 1 aromatic carbocycles. The molecule has 6 heteroatoms. The molecule has 0 spiro atoms. The van der Waals surface area contributed by atoms with E-state index in [1.54, 1.807) is 0 Å². The summed E-state index contributed by atoms with van der Waals surface area (Å²) in [4.78, 5) is 24.9. The van der Waals surface area contributed by atoms with E-state index in [1.807, 2.05) is 13.8 Å². The summed E-state index contributed by atoms with van der Waals surface area (Å²) in [6.07, 6.45) is 15.1.